The van der Waals surface area contributed by atoms with E-state index in [9.17, 15) is 0 Å². The fourth-order valence-corrected chi connectivity index (χ4v) is 2.02. The van der Waals surface area contributed by atoms with Crippen molar-refractivity contribution in [1.29, 1.82) is 0 Å². The summed E-state index contributed by atoms with van der Waals surface area (Å²) in [5.74, 6) is 1.01. The first kappa shape index (κ1) is 11.6. The van der Waals surface area contributed by atoms with Gasteiger partial charge in [-0.2, -0.15) is 16.9 Å². The molecule has 0 saturated heterocycles. The van der Waals surface area contributed by atoms with Gasteiger partial charge in [-0.3, -0.25) is 4.68 Å². The van der Waals surface area contributed by atoms with E-state index in [0.717, 1.165) is 24.3 Å². The number of aromatic nitrogens is 2. The zero-order valence-electron chi connectivity index (χ0n) is 9.16. The van der Waals surface area contributed by atoms with Crippen molar-refractivity contribution in [3.8, 4) is 0 Å². The summed E-state index contributed by atoms with van der Waals surface area (Å²) in [7, 11) is 1.99. The van der Waals surface area contributed by atoms with Gasteiger partial charge in [-0.1, -0.05) is 6.92 Å². The van der Waals surface area contributed by atoms with E-state index in [2.05, 4.69) is 24.3 Å². The normalized spacial score (nSPS) is 13.1. The maximum absolute atomic E-state index is 5.97. The Balaban J connectivity index is 2.61. The highest BCUT2D eigenvalue weighted by Crippen LogP contribution is 2.08. The molecule has 0 amide bonds. The van der Waals surface area contributed by atoms with E-state index in [0.29, 0.717) is 0 Å². The van der Waals surface area contributed by atoms with Crippen LogP contribution in [0.15, 0.2) is 6.07 Å². The number of nitrogens with two attached hydrogens (primary N) is 1. The zero-order valence-corrected chi connectivity index (χ0v) is 9.97. The number of rotatable bonds is 5. The smallest absolute Gasteiger partial charge is 0.0624 e. The molecule has 14 heavy (non-hydrogen) atoms. The first-order valence-corrected chi connectivity index (χ1v) is 6.33. The molecule has 0 aliphatic carbocycles. The number of nitrogens with zero attached hydrogens (tertiary/aromatic N) is 2. The second kappa shape index (κ2) is 5.41. The highest BCUT2D eigenvalue weighted by atomic mass is 32.2. The molecule has 0 aliphatic rings. The van der Waals surface area contributed by atoms with Crippen molar-refractivity contribution in [3.05, 3.63) is 17.5 Å². The Morgan fingerprint density at radius 1 is 1.64 bits per heavy atom. The molecular formula is C10H19N3S. The van der Waals surface area contributed by atoms with Crippen LogP contribution in [0.25, 0.3) is 0 Å². The molecule has 0 aliphatic heterocycles. The second-order valence-electron chi connectivity index (χ2n) is 3.52. The fraction of sp³-hybridized carbons (Fsp3) is 0.700. The molecule has 0 fully saturated rings. The maximum Gasteiger partial charge on any atom is 0.0624 e. The molecular weight excluding hydrogens is 194 g/mol. The van der Waals surface area contributed by atoms with Crippen LogP contribution in [-0.4, -0.2) is 27.8 Å². The first-order chi connectivity index (χ1) is 6.67. The Kier molecular flexibility index (Phi) is 4.48. The van der Waals surface area contributed by atoms with Crippen molar-refractivity contribution in [3.63, 3.8) is 0 Å². The van der Waals surface area contributed by atoms with Crippen molar-refractivity contribution in [2.24, 2.45) is 12.8 Å². The molecule has 0 bridgehead atoms. The number of hydrogen-bond donors (Lipinski definition) is 1. The van der Waals surface area contributed by atoms with Crippen LogP contribution in [0.2, 0.25) is 0 Å². The van der Waals surface area contributed by atoms with Gasteiger partial charge in [-0.05, 0) is 18.7 Å². The summed E-state index contributed by atoms with van der Waals surface area (Å²) >= 11 is 1.79. The Labute approximate surface area is 90.1 Å². The molecule has 4 heteroatoms. The molecule has 1 aromatic heterocycles. The minimum atomic E-state index is 0.241. The molecule has 0 spiro atoms. The lowest BCUT2D eigenvalue weighted by atomic mass is 10.2. The first-order valence-electron chi connectivity index (χ1n) is 4.93. The minimum absolute atomic E-state index is 0.241. The average Bonchev–Trinajstić information content (AvgIpc) is 2.48. The molecule has 80 valence electrons. The molecule has 1 atom stereocenters. The summed E-state index contributed by atoms with van der Waals surface area (Å²) in [6.07, 6.45) is 4.00. The number of hydrogen-bond acceptors (Lipinski definition) is 3. The summed E-state index contributed by atoms with van der Waals surface area (Å²) < 4.78 is 1.94. The summed E-state index contributed by atoms with van der Waals surface area (Å²) in [6, 6.07) is 2.39. The zero-order chi connectivity index (χ0) is 10.6. The van der Waals surface area contributed by atoms with E-state index < -0.39 is 0 Å². The van der Waals surface area contributed by atoms with E-state index in [4.69, 9.17) is 5.73 Å². The van der Waals surface area contributed by atoms with E-state index >= 15 is 0 Å². The third-order valence-corrected chi connectivity index (χ3v) is 3.00. The summed E-state index contributed by atoms with van der Waals surface area (Å²) in [5, 5.41) is 4.40. The van der Waals surface area contributed by atoms with Gasteiger partial charge in [-0.25, -0.2) is 0 Å². The van der Waals surface area contributed by atoms with Gasteiger partial charge >= 0.3 is 0 Å². The molecule has 1 unspecified atom stereocenters. The van der Waals surface area contributed by atoms with Gasteiger partial charge in [0.05, 0.1) is 5.69 Å². The van der Waals surface area contributed by atoms with Crippen molar-refractivity contribution >= 4 is 11.8 Å². The maximum atomic E-state index is 5.97. The van der Waals surface area contributed by atoms with Crippen molar-refractivity contribution in [2.45, 2.75) is 25.8 Å². The van der Waals surface area contributed by atoms with Crippen molar-refractivity contribution in [2.75, 3.05) is 12.0 Å². The SMILES string of the molecule is CCc1cc(CC(N)CSC)n(C)n1. The Morgan fingerprint density at radius 3 is 2.86 bits per heavy atom. The summed E-state index contributed by atoms with van der Waals surface area (Å²) in [4.78, 5) is 0. The van der Waals surface area contributed by atoms with Crippen LogP contribution >= 0.6 is 11.8 Å². The fourth-order valence-electron chi connectivity index (χ4n) is 1.48. The van der Waals surface area contributed by atoms with Crippen LogP contribution in [0, 0.1) is 0 Å². The third-order valence-electron chi connectivity index (χ3n) is 2.24. The quantitative estimate of drug-likeness (QED) is 0.799. The van der Waals surface area contributed by atoms with Gasteiger partial charge in [-0.15, -0.1) is 0 Å². The van der Waals surface area contributed by atoms with Crippen LogP contribution in [-0.2, 0) is 19.9 Å². The van der Waals surface area contributed by atoms with Crippen molar-refractivity contribution < 1.29 is 0 Å². The molecule has 0 radical (unpaired) electrons. The number of thioether (sulfide) groups is 1. The number of aryl methyl sites for hydroxylation is 2. The third kappa shape index (κ3) is 3.03. The van der Waals surface area contributed by atoms with Gasteiger partial charge in [0.2, 0.25) is 0 Å². The summed E-state index contributed by atoms with van der Waals surface area (Å²) in [6.45, 7) is 2.12. The van der Waals surface area contributed by atoms with Crippen LogP contribution < -0.4 is 5.73 Å². The minimum Gasteiger partial charge on any atom is -0.327 e. The second-order valence-corrected chi connectivity index (χ2v) is 4.43. The van der Waals surface area contributed by atoms with Gasteiger partial charge in [0.25, 0.3) is 0 Å². The van der Waals surface area contributed by atoms with Crippen LogP contribution in [0.4, 0.5) is 0 Å². The predicted molar refractivity (Wildman–Crippen MR) is 62.6 cm³/mol. The monoisotopic (exact) mass is 213 g/mol. The molecule has 1 heterocycles. The van der Waals surface area contributed by atoms with Crippen molar-refractivity contribution in [1.82, 2.24) is 9.78 Å². The molecule has 3 nitrogen and oxygen atoms in total. The van der Waals surface area contributed by atoms with E-state index in [-0.39, 0.29) is 6.04 Å². The molecule has 2 N–H and O–H groups in total. The largest absolute Gasteiger partial charge is 0.327 e. The average molecular weight is 213 g/mol. The molecule has 1 aromatic rings. The van der Waals surface area contributed by atoms with E-state index in [1.165, 1.54) is 5.69 Å². The Hall–Kier alpha value is -0.480. The van der Waals surface area contributed by atoms with E-state index in [1.807, 2.05) is 11.7 Å². The Bertz CT molecular complexity index is 283. The highest BCUT2D eigenvalue weighted by molar-refractivity contribution is 7.98. The highest BCUT2D eigenvalue weighted by Gasteiger charge is 2.08. The standard InChI is InChI=1S/C10H19N3S/c1-4-9-6-10(13(2)12-9)5-8(11)7-14-3/h6,8H,4-5,7,11H2,1-3H3. The van der Waals surface area contributed by atoms with Crippen LogP contribution in [0.1, 0.15) is 18.3 Å². The topological polar surface area (TPSA) is 43.8 Å². The molecule has 1 rings (SSSR count). The predicted octanol–water partition coefficient (Wildman–Crippen LogP) is 1.22. The Morgan fingerprint density at radius 2 is 2.36 bits per heavy atom. The van der Waals surface area contributed by atoms with Gasteiger partial charge in [0, 0.05) is 31.0 Å². The lowest BCUT2D eigenvalue weighted by Gasteiger charge is -2.09. The summed E-state index contributed by atoms with van der Waals surface area (Å²) in [5.41, 5.74) is 8.36. The lowest BCUT2D eigenvalue weighted by Crippen LogP contribution is -2.26. The van der Waals surface area contributed by atoms with Gasteiger partial charge < -0.3 is 5.73 Å². The van der Waals surface area contributed by atoms with Gasteiger partial charge in [0.15, 0.2) is 0 Å². The lowest BCUT2D eigenvalue weighted by molar-refractivity contribution is 0.651. The van der Waals surface area contributed by atoms with E-state index in [1.54, 1.807) is 11.8 Å². The molecule has 0 saturated carbocycles. The molecule has 0 aromatic carbocycles. The van der Waals surface area contributed by atoms with Gasteiger partial charge in [0.1, 0.15) is 0 Å². The van der Waals surface area contributed by atoms with Crippen LogP contribution in [0.5, 0.6) is 0 Å². The van der Waals surface area contributed by atoms with Crippen LogP contribution in [0.3, 0.4) is 0 Å².